The lowest BCUT2D eigenvalue weighted by Gasteiger charge is -2.12. The van der Waals surface area contributed by atoms with Gasteiger partial charge in [-0.2, -0.15) is 5.10 Å². The molecule has 2 N–H and O–H groups in total. The smallest absolute Gasteiger partial charge is 0.217 e. The minimum absolute atomic E-state index is 0.0717. The molecule has 0 unspecified atom stereocenters. The minimum atomic E-state index is -0.313. The number of hydrogen-bond acceptors (Lipinski definition) is 5. The van der Waals surface area contributed by atoms with E-state index >= 15 is 0 Å². The number of halogens is 1. The van der Waals surface area contributed by atoms with E-state index in [0.29, 0.717) is 29.0 Å². The monoisotopic (exact) mass is 338 g/mol. The standard InChI is InChI=1S/C15H19ClN4O3/c1-10(17-11(2)22)15-18-14(19-20(15)6-7-21)9-23-13-5-3-4-12(16)8-13/h3-5,8,10,21H,6-7,9H2,1-2H3,(H,17,22)/t10-/m0/s1. The summed E-state index contributed by atoms with van der Waals surface area (Å²) >= 11 is 5.90. The first-order valence-electron chi connectivity index (χ1n) is 7.19. The number of aliphatic hydroxyl groups is 1. The van der Waals surface area contributed by atoms with Gasteiger partial charge in [0.05, 0.1) is 19.2 Å². The van der Waals surface area contributed by atoms with Gasteiger partial charge < -0.3 is 15.2 Å². The van der Waals surface area contributed by atoms with Gasteiger partial charge in [-0.15, -0.1) is 0 Å². The third kappa shape index (κ3) is 4.94. The highest BCUT2D eigenvalue weighted by atomic mass is 35.5. The predicted octanol–water partition coefficient (Wildman–Crippen LogP) is 1.70. The van der Waals surface area contributed by atoms with Crippen LogP contribution in [0.3, 0.4) is 0 Å². The summed E-state index contributed by atoms with van der Waals surface area (Å²) in [6, 6.07) is 6.73. The number of rotatable bonds is 7. The maximum Gasteiger partial charge on any atom is 0.217 e. The number of ether oxygens (including phenoxy) is 1. The van der Waals surface area contributed by atoms with Crippen molar-refractivity contribution in [1.29, 1.82) is 0 Å². The van der Waals surface area contributed by atoms with Crippen molar-refractivity contribution in [3.05, 3.63) is 40.9 Å². The largest absolute Gasteiger partial charge is 0.485 e. The molecule has 1 aromatic carbocycles. The Morgan fingerprint density at radius 3 is 2.96 bits per heavy atom. The fraction of sp³-hybridized carbons (Fsp3) is 0.400. The number of amides is 1. The van der Waals surface area contributed by atoms with E-state index in [0.717, 1.165) is 0 Å². The van der Waals surface area contributed by atoms with Gasteiger partial charge in [-0.05, 0) is 25.1 Å². The molecule has 0 saturated carbocycles. The summed E-state index contributed by atoms with van der Waals surface area (Å²) in [6.45, 7) is 3.63. The molecule has 0 spiro atoms. The number of nitrogens with zero attached hydrogens (tertiary/aromatic N) is 3. The highest BCUT2D eigenvalue weighted by Crippen LogP contribution is 2.18. The molecule has 0 radical (unpaired) electrons. The van der Waals surface area contributed by atoms with Gasteiger partial charge in [0.2, 0.25) is 5.91 Å². The Hall–Kier alpha value is -2.12. The van der Waals surface area contributed by atoms with Crippen molar-refractivity contribution in [2.45, 2.75) is 33.0 Å². The highest BCUT2D eigenvalue weighted by molar-refractivity contribution is 6.30. The van der Waals surface area contributed by atoms with Crippen LogP contribution in [0.15, 0.2) is 24.3 Å². The molecule has 0 aliphatic carbocycles. The second-order valence-electron chi connectivity index (χ2n) is 5.00. The van der Waals surface area contributed by atoms with Crippen LogP contribution in [0.25, 0.3) is 0 Å². The molecular formula is C15H19ClN4O3. The number of aliphatic hydroxyl groups excluding tert-OH is 1. The molecule has 1 aromatic heterocycles. The first-order chi connectivity index (χ1) is 11.0. The van der Waals surface area contributed by atoms with Crippen molar-refractivity contribution < 1.29 is 14.6 Å². The van der Waals surface area contributed by atoms with E-state index in [2.05, 4.69) is 15.4 Å². The van der Waals surface area contributed by atoms with Gasteiger partial charge in [-0.1, -0.05) is 17.7 Å². The average molecular weight is 339 g/mol. The van der Waals surface area contributed by atoms with Gasteiger partial charge in [0.25, 0.3) is 0 Å². The first-order valence-corrected chi connectivity index (χ1v) is 7.57. The molecule has 1 amide bonds. The third-order valence-corrected chi connectivity index (χ3v) is 3.26. The molecule has 0 fully saturated rings. The Kier molecular flexibility index (Phi) is 5.95. The van der Waals surface area contributed by atoms with Crippen molar-refractivity contribution in [3.8, 4) is 5.75 Å². The molecule has 0 saturated heterocycles. The van der Waals surface area contributed by atoms with E-state index in [1.807, 2.05) is 0 Å². The Balaban J connectivity index is 2.11. The molecule has 7 nitrogen and oxygen atoms in total. The van der Waals surface area contributed by atoms with Crippen molar-refractivity contribution in [2.75, 3.05) is 6.61 Å². The lowest BCUT2D eigenvalue weighted by molar-refractivity contribution is -0.119. The normalized spacial score (nSPS) is 12.0. The van der Waals surface area contributed by atoms with Crippen LogP contribution in [0, 0.1) is 0 Å². The van der Waals surface area contributed by atoms with Gasteiger partial charge >= 0.3 is 0 Å². The quantitative estimate of drug-likeness (QED) is 0.802. The van der Waals surface area contributed by atoms with E-state index < -0.39 is 0 Å². The van der Waals surface area contributed by atoms with Crippen LogP contribution in [-0.4, -0.2) is 32.4 Å². The molecule has 2 aromatic rings. The number of benzene rings is 1. The Bertz CT molecular complexity index is 674. The molecule has 23 heavy (non-hydrogen) atoms. The van der Waals surface area contributed by atoms with Crippen LogP contribution < -0.4 is 10.1 Å². The Labute approximate surface area is 139 Å². The number of aromatic nitrogens is 3. The van der Waals surface area contributed by atoms with Gasteiger partial charge in [0, 0.05) is 11.9 Å². The molecule has 1 atom stereocenters. The second-order valence-corrected chi connectivity index (χ2v) is 5.44. The number of hydrogen-bond donors (Lipinski definition) is 2. The van der Waals surface area contributed by atoms with E-state index in [-0.39, 0.29) is 25.2 Å². The Morgan fingerprint density at radius 1 is 1.52 bits per heavy atom. The first kappa shape index (κ1) is 17.2. The van der Waals surface area contributed by atoms with E-state index in [1.54, 1.807) is 35.9 Å². The van der Waals surface area contributed by atoms with Crippen molar-refractivity contribution in [1.82, 2.24) is 20.1 Å². The molecule has 0 aliphatic heterocycles. The zero-order chi connectivity index (χ0) is 16.8. The van der Waals surface area contributed by atoms with Gasteiger partial charge in [-0.3, -0.25) is 4.79 Å². The van der Waals surface area contributed by atoms with E-state index in [4.69, 9.17) is 21.4 Å². The second kappa shape index (κ2) is 7.94. The Morgan fingerprint density at radius 2 is 2.30 bits per heavy atom. The van der Waals surface area contributed by atoms with Crippen LogP contribution in [0.1, 0.15) is 31.5 Å². The fourth-order valence-corrected chi connectivity index (χ4v) is 2.30. The molecule has 8 heteroatoms. The van der Waals surface area contributed by atoms with Crippen molar-refractivity contribution in [2.24, 2.45) is 0 Å². The van der Waals surface area contributed by atoms with Gasteiger partial charge in [-0.25, -0.2) is 9.67 Å². The highest BCUT2D eigenvalue weighted by Gasteiger charge is 2.17. The maximum atomic E-state index is 11.2. The van der Waals surface area contributed by atoms with Crippen LogP contribution >= 0.6 is 11.6 Å². The SMILES string of the molecule is CC(=O)N[C@@H](C)c1nc(COc2cccc(Cl)c2)nn1CCO. The molecular weight excluding hydrogens is 320 g/mol. The summed E-state index contributed by atoms with van der Waals surface area (Å²) in [4.78, 5) is 15.6. The van der Waals surface area contributed by atoms with Crippen LogP contribution in [0.5, 0.6) is 5.75 Å². The fourth-order valence-electron chi connectivity index (χ4n) is 2.12. The summed E-state index contributed by atoms with van der Waals surface area (Å²) in [5, 5.41) is 16.8. The van der Waals surface area contributed by atoms with E-state index in [1.165, 1.54) is 6.92 Å². The topological polar surface area (TPSA) is 89.3 Å². The lowest BCUT2D eigenvalue weighted by atomic mass is 10.3. The summed E-state index contributed by atoms with van der Waals surface area (Å²) in [5.74, 6) is 1.49. The molecule has 124 valence electrons. The number of carbonyl (C=O) groups excluding carboxylic acids is 1. The molecule has 1 heterocycles. The summed E-state index contributed by atoms with van der Waals surface area (Å²) < 4.78 is 7.17. The summed E-state index contributed by atoms with van der Waals surface area (Å²) in [5.41, 5.74) is 0. The molecule has 2 rings (SSSR count). The molecule has 0 bridgehead atoms. The van der Waals surface area contributed by atoms with Gasteiger partial charge in [0.1, 0.15) is 18.2 Å². The van der Waals surface area contributed by atoms with Crippen molar-refractivity contribution in [3.63, 3.8) is 0 Å². The van der Waals surface area contributed by atoms with Gasteiger partial charge in [0.15, 0.2) is 5.82 Å². The zero-order valence-corrected chi connectivity index (χ0v) is 13.7. The average Bonchev–Trinajstić information content (AvgIpc) is 2.88. The predicted molar refractivity (Wildman–Crippen MR) is 85.1 cm³/mol. The zero-order valence-electron chi connectivity index (χ0n) is 13.0. The third-order valence-electron chi connectivity index (χ3n) is 3.03. The minimum Gasteiger partial charge on any atom is -0.485 e. The number of carbonyl (C=O) groups is 1. The van der Waals surface area contributed by atoms with Crippen LogP contribution in [0.4, 0.5) is 0 Å². The van der Waals surface area contributed by atoms with E-state index in [9.17, 15) is 4.79 Å². The van der Waals surface area contributed by atoms with Crippen molar-refractivity contribution >= 4 is 17.5 Å². The summed E-state index contributed by atoms with van der Waals surface area (Å²) in [6.07, 6.45) is 0. The lowest BCUT2D eigenvalue weighted by Crippen LogP contribution is -2.26. The maximum absolute atomic E-state index is 11.2. The summed E-state index contributed by atoms with van der Waals surface area (Å²) in [7, 11) is 0. The molecule has 0 aliphatic rings. The number of nitrogens with one attached hydrogen (secondary N) is 1. The van der Waals surface area contributed by atoms with Crippen LogP contribution in [-0.2, 0) is 17.9 Å². The van der Waals surface area contributed by atoms with Crippen LogP contribution in [0.2, 0.25) is 5.02 Å².